The highest BCUT2D eigenvalue weighted by molar-refractivity contribution is 7.89. The minimum atomic E-state index is -3.64. The Kier molecular flexibility index (Phi) is 2.54. The van der Waals surface area contributed by atoms with Crippen molar-refractivity contribution in [3.8, 4) is 0 Å². The Balaban J connectivity index is 3.46. The molecule has 0 unspecified atom stereocenters. The molecule has 0 aliphatic heterocycles. The first-order valence-corrected chi connectivity index (χ1v) is 5.25. The van der Waals surface area contributed by atoms with Gasteiger partial charge in [-0.1, -0.05) is 24.8 Å². The summed E-state index contributed by atoms with van der Waals surface area (Å²) >= 11 is 0. The van der Waals surface area contributed by atoms with Gasteiger partial charge in [-0.2, -0.15) is 0 Å². The van der Waals surface area contributed by atoms with Gasteiger partial charge in [-0.25, -0.2) is 13.6 Å². The van der Waals surface area contributed by atoms with Gasteiger partial charge in [0.1, 0.15) is 0 Å². The van der Waals surface area contributed by atoms with Crippen molar-refractivity contribution in [1.82, 2.24) is 0 Å². The summed E-state index contributed by atoms with van der Waals surface area (Å²) < 4.78 is 22.2. The third-order valence-corrected chi connectivity index (χ3v) is 2.62. The molecule has 0 fully saturated rings. The molecule has 1 aromatic carbocycles. The van der Waals surface area contributed by atoms with Gasteiger partial charge in [0.15, 0.2) is 0 Å². The Morgan fingerprint density at radius 3 is 2.31 bits per heavy atom. The Labute approximate surface area is 77.9 Å². The monoisotopic (exact) mass is 197 g/mol. The average Bonchev–Trinajstić information content (AvgIpc) is 2.03. The van der Waals surface area contributed by atoms with Crippen LogP contribution in [0.2, 0.25) is 0 Å². The highest BCUT2D eigenvalue weighted by Gasteiger charge is 2.12. The first-order chi connectivity index (χ1) is 5.93. The first-order valence-electron chi connectivity index (χ1n) is 3.70. The maximum atomic E-state index is 11.1. The van der Waals surface area contributed by atoms with Crippen LogP contribution in [0.4, 0.5) is 0 Å². The van der Waals surface area contributed by atoms with Gasteiger partial charge in [0.25, 0.3) is 0 Å². The molecule has 13 heavy (non-hydrogen) atoms. The summed E-state index contributed by atoms with van der Waals surface area (Å²) in [5, 5.41) is 5.03. The van der Waals surface area contributed by atoms with Crippen LogP contribution in [0, 0.1) is 0 Å². The predicted molar refractivity (Wildman–Crippen MR) is 52.5 cm³/mol. The normalized spacial score (nSPS) is 11.2. The standard InChI is InChI=1S/C9H11NO2S/c1-7(2)8-5-3-4-6-9(8)13(10,11)12/h3-6H,1H2,2H3,(H2,10,11,12). The van der Waals surface area contributed by atoms with Crippen LogP contribution in [0.1, 0.15) is 12.5 Å². The molecule has 1 rings (SSSR count). The molecule has 0 aliphatic carbocycles. The van der Waals surface area contributed by atoms with Crippen molar-refractivity contribution in [3.63, 3.8) is 0 Å². The number of sulfonamides is 1. The van der Waals surface area contributed by atoms with Crippen LogP contribution in [0.5, 0.6) is 0 Å². The second kappa shape index (κ2) is 3.32. The lowest BCUT2D eigenvalue weighted by molar-refractivity contribution is 0.597. The van der Waals surface area contributed by atoms with Crippen molar-refractivity contribution in [2.45, 2.75) is 11.8 Å². The van der Waals surface area contributed by atoms with Crippen LogP contribution in [0.25, 0.3) is 5.57 Å². The van der Waals surface area contributed by atoms with Crippen LogP contribution in [0.15, 0.2) is 35.7 Å². The molecule has 2 N–H and O–H groups in total. The van der Waals surface area contributed by atoms with E-state index in [9.17, 15) is 8.42 Å². The molecular formula is C9H11NO2S. The van der Waals surface area contributed by atoms with Crippen LogP contribution in [-0.2, 0) is 10.0 Å². The van der Waals surface area contributed by atoms with E-state index in [-0.39, 0.29) is 4.90 Å². The fourth-order valence-corrected chi connectivity index (χ4v) is 1.88. The highest BCUT2D eigenvalue weighted by atomic mass is 32.2. The maximum absolute atomic E-state index is 11.1. The average molecular weight is 197 g/mol. The van der Waals surface area contributed by atoms with E-state index in [4.69, 9.17) is 5.14 Å². The summed E-state index contributed by atoms with van der Waals surface area (Å²) in [6, 6.07) is 6.53. The van der Waals surface area contributed by atoms with Crippen LogP contribution < -0.4 is 5.14 Å². The fourth-order valence-electron chi connectivity index (χ4n) is 1.07. The van der Waals surface area contributed by atoms with E-state index >= 15 is 0 Å². The van der Waals surface area contributed by atoms with E-state index in [1.54, 1.807) is 25.1 Å². The summed E-state index contributed by atoms with van der Waals surface area (Å²) in [6.45, 7) is 5.42. The number of rotatable bonds is 2. The van der Waals surface area contributed by atoms with Crippen molar-refractivity contribution in [3.05, 3.63) is 36.4 Å². The molecule has 0 atom stereocenters. The molecule has 0 amide bonds. The minimum absolute atomic E-state index is 0.127. The van der Waals surface area contributed by atoms with E-state index in [0.717, 1.165) is 0 Å². The van der Waals surface area contributed by atoms with E-state index in [0.29, 0.717) is 11.1 Å². The number of nitrogens with two attached hydrogens (primary N) is 1. The van der Waals surface area contributed by atoms with Gasteiger partial charge >= 0.3 is 0 Å². The molecule has 4 heteroatoms. The number of hydrogen-bond donors (Lipinski definition) is 1. The zero-order valence-electron chi connectivity index (χ0n) is 7.32. The molecule has 1 aromatic rings. The number of hydrogen-bond acceptors (Lipinski definition) is 2. The van der Waals surface area contributed by atoms with Gasteiger partial charge in [0.05, 0.1) is 4.90 Å². The number of benzene rings is 1. The topological polar surface area (TPSA) is 60.2 Å². The summed E-state index contributed by atoms with van der Waals surface area (Å²) in [5.74, 6) is 0. The lowest BCUT2D eigenvalue weighted by Crippen LogP contribution is -2.13. The zero-order chi connectivity index (χ0) is 10.1. The molecule has 0 spiro atoms. The van der Waals surface area contributed by atoms with Crippen LogP contribution in [-0.4, -0.2) is 8.42 Å². The molecule has 0 saturated heterocycles. The van der Waals surface area contributed by atoms with Crippen LogP contribution in [0.3, 0.4) is 0 Å². The molecule has 0 aromatic heterocycles. The van der Waals surface area contributed by atoms with Gasteiger partial charge in [-0.3, -0.25) is 0 Å². The molecular weight excluding hydrogens is 186 g/mol. The van der Waals surface area contributed by atoms with E-state index in [2.05, 4.69) is 6.58 Å². The minimum Gasteiger partial charge on any atom is -0.225 e. The molecule has 0 saturated carbocycles. The van der Waals surface area contributed by atoms with Crippen molar-refractivity contribution >= 4 is 15.6 Å². The Hall–Kier alpha value is -1.13. The van der Waals surface area contributed by atoms with Crippen molar-refractivity contribution in [2.75, 3.05) is 0 Å². The summed E-state index contributed by atoms with van der Waals surface area (Å²) in [6.07, 6.45) is 0. The van der Waals surface area contributed by atoms with Gasteiger partial charge in [0.2, 0.25) is 10.0 Å². The highest BCUT2D eigenvalue weighted by Crippen LogP contribution is 2.20. The number of allylic oxidation sites excluding steroid dienone is 1. The van der Waals surface area contributed by atoms with Gasteiger partial charge < -0.3 is 0 Å². The second-order valence-corrected chi connectivity index (χ2v) is 4.35. The van der Waals surface area contributed by atoms with Crippen LogP contribution >= 0.6 is 0 Å². The van der Waals surface area contributed by atoms with E-state index in [1.807, 2.05) is 0 Å². The second-order valence-electron chi connectivity index (χ2n) is 2.82. The first kappa shape index (κ1) is 9.95. The van der Waals surface area contributed by atoms with Gasteiger partial charge in [0, 0.05) is 0 Å². The molecule has 0 radical (unpaired) electrons. The maximum Gasteiger partial charge on any atom is 0.238 e. The smallest absolute Gasteiger partial charge is 0.225 e. The summed E-state index contributed by atoms with van der Waals surface area (Å²) in [5.41, 5.74) is 1.26. The fraction of sp³-hybridized carbons (Fsp3) is 0.111. The van der Waals surface area contributed by atoms with Gasteiger partial charge in [-0.05, 0) is 24.1 Å². The van der Waals surface area contributed by atoms with Crippen molar-refractivity contribution in [2.24, 2.45) is 5.14 Å². The Morgan fingerprint density at radius 2 is 1.92 bits per heavy atom. The summed E-state index contributed by atoms with van der Waals surface area (Å²) in [7, 11) is -3.64. The van der Waals surface area contributed by atoms with Gasteiger partial charge in [-0.15, -0.1) is 0 Å². The number of primary sulfonamides is 1. The quantitative estimate of drug-likeness (QED) is 0.778. The van der Waals surface area contributed by atoms with E-state index in [1.165, 1.54) is 6.07 Å². The van der Waals surface area contributed by atoms with E-state index < -0.39 is 10.0 Å². The predicted octanol–water partition coefficient (Wildman–Crippen LogP) is 1.37. The van der Waals surface area contributed by atoms with Crippen molar-refractivity contribution in [1.29, 1.82) is 0 Å². The zero-order valence-corrected chi connectivity index (χ0v) is 8.14. The summed E-state index contributed by atoms with van der Waals surface area (Å²) in [4.78, 5) is 0.127. The Bertz CT molecular complexity index is 435. The SMILES string of the molecule is C=C(C)c1ccccc1S(N)(=O)=O. The molecule has 0 heterocycles. The molecule has 0 aliphatic rings. The third-order valence-electron chi connectivity index (χ3n) is 1.65. The molecule has 70 valence electrons. The lowest BCUT2D eigenvalue weighted by atomic mass is 10.1. The molecule has 0 bridgehead atoms. The lowest BCUT2D eigenvalue weighted by Gasteiger charge is -2.05. The Morgan fingerprint density at radius 1 is 1.38 bits per heavy atom. The third kappa shape index (κ3) is 2.17. The molecule has 3 nitrogen and oxygen atoms in total. The van der Waals surface area contributed by atoms with Crippen molar-refractivity contribution < 1.29 is 8.42 Å². The largest absolute Gasteiger partial charge is 0.238 e.